The molecular weight excluding hydrogens is 394 g/mol. The number of benzene rings is 2. The van der Waals surface area contributed by atoms with Crippen LogP contribution < -0.4 is 18.9 Å². The molecule has 0 atom stereocenters. The SMILES string of the molecule is CCOc1ccc(Cl)cc1S(=O)(=O)Nc1cc(OC)c(OC)cc1C(C)=O. The summed E-state index contributed by atoms with van der Waals surface area (Å²) in [6.45, 7) is 3.34. The van der Waals surface area contributed by atoms with Gasteiger partial charge in [0.2, 0.25) is 0 Å². The monoisotopic (exact) mass is 413 g/mol. The van der Waals surface area contributed by atoms with E-state index in [1.807, 2.05) is 0 Å². The van der Waals surface area contributed by atoms with E-state index in [9.17, 15) is 13.2 Å². The molecule has 2 aromatic carbocycles. The lowest BCUT2D eigenvalue weighted by molar-refractivity contribution is 0.101. The van der Waals surface area contributed by atoms with E-state index < -0.39 is 10.0 Å². The van der Waals surface area contributed by atoms with E-state index in [-0.39, 0.29) is 45.1 Å². The van der Waals surface area contributed by atoms with Crippen molar-refractivity contribution in [2.75, 3.05) is 25.5 Å². The van der Waals surface area contributed by atoms with Crippen LogP contribution in [-0.4, -0.2) is 35.0 Å². The molecule has 2 rings (SSSR count). The highest BCUT2D eigenvalue weighted by Crippen LogP contribution is 2.36. The average Bonchev–Trinajstić information content (AvgIpc) is 2.62. The second-order valence-electron chi connectivity index (χ2n) is 5.44. The zero-order chi connectivity index (χ0) is 20.2. The molecule has 0 aliphatic heterocycles. The van der Waals surface area contributed by atoms with Gasteiger partial charge in [-0.15, -0.1) is 0 Å². The van der Waals surface area contributed by atoms with E-state index in [0.717, 1.165) is 0 Å². The standard InChI is InChI=1S/C18H20ClNO6S/c1-5-26-15-7-6-12(19)8-18(15)27(22,23)20-14-10-17(25-4)16(24-3)9-13(14)11(2)21/h6-10,20H,5H2,1-4H3. The smallest absolute Gasteiger partial charge is 0.265 e. The third-order valence-corrected chi connectivity index (χ3v) is 5.26. The first-order chi connectivity index (χ1) is 12.7. The van der Waals surface area contributed by atoms with Crippen molar-refractivity contribution >= 4 is 33.1 Å². The number of carbonyl (C=O) groups is 1. The largest absolute Gasteiger partial charge is 0.493 e. The van der Waals surface area contributed by atoms with Crippen molar-refractivity contribution < 1.29 is 27.4 Å². The molecule has 0 spiro atoms. The predicted octanol–water partition coefficient (Wildman–Crippen LogP) is 3.76. The van der Waals surface area contributed by atoms with E-state index in [0.29, 0.717) is 5.75 Å². The Kier molecular flexibility index (Phi) is 6.56. The number of methoxy groups -OCH3 is 2. The first-order valence-corrected chi connectivity index (χ1v) is 9.81. The van der Waals surface area contributed by atoms with Gasteiger partial charge in [0.05, 0.1) is 26.5 Å². The number of ether oxygens (including phenoxy) is 3. The maximum Gasteiger partial charge on any atom is 0.265 e. The molecule has 1 N–H and O–H groups in total. The summed E-state index contributed by atoms with van der Waals surface area (Å²) >= 11 is 5.96. The van der Waals surface area contributed by atoms with Crippen molar-refractivity contribution in [3.8, 4) is 17.2 Å². The number of nitrogens with one attached hydrogen (secondary N) is 1. The number of rotatable bonds is 8. The normalized spacial score (nSPS) is 11.0. The van der Waals surface area contributed by atoms with Crippen molar-refractivity contribution in [3.63, 3.8) is 0 Å². The highest BCUT2D eigenvalue weighted by atomic mass is 35.5. The highest BCUT2D eigenvalue weighted by molar-refractivity contribution is 7.92. The number of hydrogen-bond acceptors (Lipinski definition) is 6. The first kappa shape index (κ1) is 20.9. The third kappa shape index (κ3) is 4.64. The van der Waals surface area contributed by atoms with Crippen molar-refractivity contribution in [1.29, 1.82) is 0 Å². The molecule has 27 heavy (non-hydrogen) atoms. The van der Waals surface area contributed by atoms with Gasteiger partial charge < -0.3 is 14.2 Å². The van der Waals surface area contributed by atoms with Crippen LogP contribution in [-0.2, 0) is 10.0 Å². The van der Waals surface area contributed by atoms with Crippen LogP contribution in [0.2, 0.25) is 5.02 Å². The van der Waals surface area contributed by atoms with E-state index in [1.165, 1.54) is 51.5 Å². The fraction of sp³-hybridized carbons (Fsp3) is 0.278. The van der Waals surface area contributed by atoms with Gasteiger partial charge in [0.15, 0.2) is 17.3 Å². The van der Waals surface area contributed by atoms with Gasteiger partial charge in [0, 0.05) is 16.7 Å². The summed E-state index contributed by atoms with van der Waals surface area (Å²) in [5.74, 6) is 0.392. The molecule has 0 unspecified atom stereocenters. The quantitative estimate of drug-likeness (QED) is 0.662. The molecule has 0 amide bonds. The molecule has 0 saturated heterocycles. The fourth-order valence-electron chi connectivity index (χ4n) is 2.42. The maximum atomic E-state index is 12.9. The number of ketones is 1. The van der Waals surface area contributed by atoms with Gasteiger partial charge >= 0.3 is 0 Å². The van der Waals surface area contributed by atoms with Gasteiger partial charge in [-0.1, -0.05) is 11.6 Å². The topological polar surface area (TPSA) is 90.9 Å². The number of hydrogen-bond donors (Lipinski definition) is 1. The van der Waals surface area contributed by atoms with Crippen LogP contribution in [0.5, 0.6) is 17.2 Å². The number of anilines is 1. The van der Waals surface area contributed by atoms with Crippen LogP contribution in [0.15, 0.2) is 35.2 Å². The molecule has 2 aromatic rings. The van der Waals surface area contributed by atoms with Gasteiger partial charge in [-0.3, -0.25) is 9.52 Å². The van der Waals surface area contributed by atoms with Gasteiger partial charge in [0.1, 0.15) is 10.6 Å². The zero-order valence-corrected chi connectivity index (χ0v) is 16.9. The minimum atomic E-state index is -4.10. The summed E-state index contributed by atoms with van der Waals surface area (Å²) in [5.41, 5.74) is 0.193. The van der Waals surface area contributed by atoms with E-state index >= 15 is 0 Å². The summed E-state index contributed by atoms with van der Waals surface area (Å²) in [6, 6.07) is 7.09. The Morgan fingerprint density at radius 2 is 1.70 bits per heavy atom. The maximum absolute atomic E-state index is 12.9. The molecule has 7 nitrogen and oxygen atoms in total. The lowest BCUT2D eigenvalue weighted by Crippen LogP contribution is -2.16. The molecule has 0 heterocycles. The van der Waals surface area contributed by atoms with Crippen LogP contribution in [0.4, 0.5) is 5.69 Å². The van der Waals surface area contributed by atoms with Gasteiger partial charge in [-0.05, 0) is 38.1 Å². The van der Waals surface area contributed by atoms with Gasteiger partial charge in [0.25, 0.3) is 10.0 Å². The van der Waals surface area contributed by atoms with E-state index in [1.54, 1.807) is 6.92 Å². The summed E-state index contributed by atoms with van der Waals surface area (Å²) < 4.78 is 44.1. The van der Waals surface area contributed by atoms with Crippen molar-refractivity contribution in [2.45, 2.75) is 18.7 Å². The van der Waals surface area contributed by atoms with Gasteiger partial charge in [-0.25, -0.2) is 8.42 Å². The highest BCUT2D eigenvalue weighted by Gasteiger charge is 2.24. The summed E-state index contributed by atoms with van der Waals surface area (Å²) in [5, 5.41) is 0.234. The molecule has 0 saturated carbocycles. The number of Topliss-reactive ketones (excluding diaryl/α,β-unsaturated/α-hetero) is 1. The second-order valence-corrected chi connectivity index (χ2v) is 7.53. The minimum absolute atomic E-state index is 0.0579. The average molecular weight is 414 g/mol. The molecule has 0 aromatic heterocycles. The Balaban J connectivity index is 2.58. The lowest BCUT2D eigenvalue weighted by Gasteiger charge is -2.17. The van der Waals surface area contributed by atoms with E-state index in [2.05, 4.69) is 4.72 Å². The Labute approximate surface area is 163 Å². The Bertz CT molecular complexity index is 959. The van der Waals surface area contributed by atoms with Crippen molar-refractivity contribution in [3.05, 3.63) is 40.9 Å². The zero-order valence-electron chi connectivity index (χ0n) is 15.3. The summed E-state index contributed by atoms with van der Waals surface area (Å²) in [6.07, 6.45) is 0. The van der Waals surface area contributed by atoms with Crippen molar-refractivity contribution in [2.24, 2.45) is 0 Å². The molecule has 0 radical (unpaired) electrons. The lowest BCUT2D eigenvalue weighted by atomic mass is 10.1. The third-order valence-electron chi connectivity index (χ3n) is 3.64. The minimum Gasteiger partial charge on any atom is -0.493 e. The predicted molar refractivity (Wildman–Crippen MR) is 103 cm³/mol. The summed E-state index contributed by atoms with van der Waals surface area (Å²) in [7, 11) is -1.26. The molecule has 146 valence electrons. The van der Waals surface area contributed by atoms with E-state index in [4.69, 9.17) is 25.8 Å². The number of carbonyl (C=O) groups excluding carboxylic acids is 1. The molecule has 0 fully saturated rings. The Morgan fingerprint density at radius 3 is 2.26 bits per heavy atom. The van der Waals surface area contributed by atoms with Crippen LogP contribution in [0, 0.1) is 0 Å². The molecule has 9 heteroatoms. The number of halogens is 1. The molecular formula is C18H20ClNO6S. The fourth-order valence-corrected chi connectivity index (χ4v) is 3.90. The summed E-state index contributed by atoms with van der Waals surface area (Å²) in [4.78, 5) is 11.9. The van der Waals surface area contributed by atoms with Crippen molar-refractivity contribution in [1.82, 2.24) is 0 Å². The molecule has 0 aliphatic rings. The van der Waals surface area contributed by atoms with Crippen LogP contribution in [0.25, 0.3) is 0 Å². The number of sulfonamides is 1. The Hall–Kier alpha value is -2.45. The molecule has 0 bridgehead atoms. The van der Waals surface area contributed by atoms with Crippen LogP contribution in [0.3, 0.4) is 0 Å². The van der Waals surface area contributed by atoms with Crippen LogP contribution >= 0.6 is 11.6 Å². The first-order valence-electron chi connectivity index (χ1n) is 7.95. The van der Waals surface area contributed by atoms with Gasteiger partial charge in [-0.2, -0.15) is 0 Å². The molecule has 0 aliphatic carbocycles. The Morgan fingerprint density at radius 1 is 1.07 bits per heavy atom. The van der Waals surface area contributed by atoms with Crippen LogP contribution in [0.1, 0.15) is 24.2 Å². The second kappa shape index (κ2) is 8.49.